The first-order valence-electron chi connectivity index (χ1n) is 5.57. The Morgan fingerprint density at radius 3 is 2.71 bits per heavy atom. The third-order valence-corrected chi connectivity index (χ3v) is 3.85. The monoisotopic (exact) mass is 297 g/mol. The van der Waals surface area contributed by atoms with Crippen molar-refractivity contribution in [2.45, 2.75) is 33.4 Å². The van der Waals surface area contributed by atoms with Crippen molar-refractivity contribution < 1.29 is 0 Å². The molecule has 2 rings (SSSR count). The van der Waals surface area contributed by atoms with Crippen molar-refractivity contribution in [3.05, 3.63) is 28.1 Å². The summed E-state index contributed by atoms with van der Waals surface area (Å²) < 4.78 is 4.58. The number of aromatic nitrogens is 4. The van der Waals surface area contributed by atoms with Gasteiger partial charge in [-0.15, -0.1) is 0 Å². The van der Waals surface area contributed by atoms with E-state index in [2.05, 4.69) is 40.0 Å². The zero-order valence-corrected chi connectivity index (χ0v) is 11.8. The van der Waals surface area contributed by atoms with Crippen LogP contribution < -0.4 is 5.73 Å². The Morgan fingerprint density at radius 2 is 2.24 bits per heavy atom. The van der Waals surface area contributed by atoms with Gasteiger partial charge in [0.25, 0.3) is 0 Å². The van der Waals surface area contributed by atoms with Crippen LogP contribution in [0.5, 0.6) is 0 Å². The fourth-order valence-corrected chi connectivity index (χ4v) is 2.01. The van der Waals surface area contributed by atoms with Crippen molar-refractivity contribution in [1.82, 2.24) is 19.6 Å². The molecule has 5 nitrogen and oxygen atoms in total. The quantitative estimate of drug-likeness (QED) is 0.946. The Bertz CT molecular complexity index is 528. The summed E-state index contributed by atoms with van der Waals surface area (Å²) in [5.74, 6) is 0.652. The zero-order chi connectivity index (χ0) is 12.6. The minimum atomic E-state index is 0.0836. The normalized spacial score (nSPS) is 12.9. The van der Waals surface area contributed by atoms with Crippen LogP contribution in [0.15, 0.2) is 16.9 Å². The lowest BCUT2D eigenvalue weighted by molar-refractivity contribution is 0.567. The van der Waals surface area contributed by atoms with Gasteiger partial charge in [-0.25, -0.2) is 4.68 Å². The molecule has 0 saturated carbocycles. The van der Waals surface area contributed by atoms with E-state index in [9.17, 15) is 0 Å². The number of rotatable bonds is 3. The molecule has 2 aromatic heterocycles. The van der Waals surface area contributed by atoms with Crippen LogP contribution in [0.4, 0.5) is 5.82 Å². The lowest BCUT2D eigenvalue weighted by Crippen LogP contribution is -2.11. The maximum absolute atomic E-state index is 6.01. The largest absolute Gasteiger partial charge is 0.383 e. The molecular formula is C11H16BrN5. The second kappa shape index (κ2) is 4.52. The van der Waals surface area contributed by atoms with Gasteiger partial charge in [0, 0.05) is 18.3 Å². The van der Waals surface area contributed by atoms with E-state index in [1.165, 1.54) is 0 Å². The summed E-state index contributed by atoms with van der Waals surface area (Å²) in [6.45, 7) is 6.92. The summed E-state index contributed by atoms with van der Waals surface area (Å²) in [5, 5.41) is 8.69. The molecule has 0 amide bonds. The average molecular weight is 298 g/mol. The topological polar surface area (TPSA) is 61.7 Å². The molecule has 1 atom stereocenters. The maximum Gasteiger partial charge on any atom is 0.137 e. The van der Waals surface area contributed by atoms with E-state index in [0.717, 1.165) is 22.3 Å². The van der Waals surface area contributed by atoms with Gasteiger partial charge in [-0.3, -0.25) is 4.68 Å². The SMILES string of the molecule is CCn1cc(C(C)n2nc(C)c(Br)c2N)cn1. The molecule has 0 aliphatic carbocycles. The summed E-state index contributed by atoms with van der Waals surface area (Å²) in [7, 11) is 0. The van der Waals surface area contributed by atoms with Gasteiger partial charge in [0.15, 0.2) is 0 Å². The Morgan fingerprint density at radius 1 is 1.53 bits per heavy atom. The molecule has 0 spiro atoms. The Kier molecular flexibility index (Phi) is 3.24. The van der Waals surface area contributed by atoms with E-state index in [4.69, 9.17) is 5.73 Å². The van der Waals surface area contributed by atoms with Crippen LogP contribution in [0.25, 0.3) is 0 Å². The molecule has 17 heavy (non-hydrogen) atoms. The summed E-state index contributed by atoms with van der Waals surface area (Å²) in [6, 6.07) is 0.0836. The number of nitrogens with two attached hydrogens (primary N) is 1. The third-order valence-electron chi connectivity index (χ3n) is 2.87. The predicted octanol–water partition coefficient (Wildman–Crippen LogP) is 2.36. The smallest absolute Gasteiger partial charge is 0.137 e. The molecule has 0 aliphatic rings. The summed E-state index contributed by atoms with van der Waals surface area (Å²) in [5.41, 5.74) is 8.01. The summed E-state index contributed by atoms with van der Waals surface area (Å²) in [6.07, 6.45) is 3.88. The van der Waals surface area contributed by atoms with E-state index in [0.29, 0.717) is 5.82 Å². The fraction of sp³-hybridized carbons (Fsp3) is 0.455. The fourth-order valence-electron chi connectivity index (χ4n) is 1.75. The summed E-state index contributed by atoms with van der Waals surface area (Å²) >= 11 is 3.43. The van der Waals surface area contributed by atoms with Crippen molar-refractivity contribution in [2.24, 2.45) is 0 Å². The van der Waals surface area contributed by atoms with Gasteiger partial charge in [-0.1, -0.05) is 0 Å². The van der Waals surface area contributed by atoms with Crippen molar-refractivity contribution in [1.29, 1.82) is 0 Å². The first kappa shape index (κ1) is 12.2. The minimum absolute atomic E-state index is 0.0836. The number of aryl methyl sites for hydroxylation is 2. The first-order valence-corrected chi connectivity index (χ1v) is 6.36. The second-order valence-corrected chi connectivity index (χ2v) is 4.83. The Hall–Kier alpha value is -1.30. The van der Waals surface area contributed by atoms with Crippen LogP contribution in [-0.2, 0) is 6.54 Å². The number of anilines is 1. The van der Waals surface area contributed by atoms with E-state index in [1.807, 2.05) is 28.7 Å². The number of nitrogen functional groups attached to an aromatic ring is 1. The molecule has 0 fully saturated rings. The molecule has 92 valence electrons. The van der Waals surface area contributed by atoms with Crippen molar-refractivity contribution in [3.8, 4) is 0 Å². The van der Waals surface area contributed by atoms with E-state index in [1.54, 1.807) is 0 Å². The highest BCUT2D eigenvalue weighted by Gasteiger charge is 2.17. The van der Waals surface area contributed by atoms with Gasteiger partial charge < -0.3 is 5.73 Å². The molecular weight excluding hydrogens is 282 g/mol. The van der Waals surface area contributed by atoms with Crippen molar-refractivity contribution >= 4 is 21.7 Å². The van der Waals surface area contributed by atoms with Gasteiger partial charge in [-0.05, 0) is 36.7 Å². The van der Waals surface area contributed by atoms with Crippen LogP contribution in [0.1, 0.15) is 31.1 Å². The Balaban J connectivity index is 2.36. The average Bonchev–Trinajstić information content (AvgIpc) is 2.89. The molecule has 6 heteroatoms. The number of hydrogen-bond acceptors (Lipinski definition) is 3. The molecule has 1 unspecified atom stereocenters. The molecule has 2 N–H and O–H groups in total. The van der Waals surface area contributed by atoms with Crippen molar-refractivity contribution in [2.75, 3.05) is 5.73 Å². The number of hydrogen-bond donors (Lipinski definition) is 1. The Labute approximate surface area is 109 Å². The highest BCUT2D eigenvalue weighted by molar-refractivity contribution is 9.10. The molecule has 0 aliphatic heterocycles. The van der Waals surface area contributed by atoms with Crippen LogP contribution >= 0.6 is 15.9 Å². The summed E-state index contributed by atoms with van der Waals surface area (Å²) in [4.78, 5) is 0. The van der Waals surface area contributed by atoms with Crippen molar-refractivity contribution in [3.63, 3.8) is 0 Å². The van der Waals surface area contributed by atoms with E-state index >= 15 is 0 Å². The number of halogens is 1. The molecule has 0 radical (unpaired) electrons. The van der Waals surface area contributed by atoms with E-state index < -0.39 is 0 Å². The number of nitrogens with zero attached hydrogens (tertiary/aromatic N) is 4. The van der Waals surface area contributed by atoms with Gasteiger partial charge in [-0.2, -0.15) is 10.2 Å². The van der Waals surface area contributed by atoms with E-state index in [-0.39, 0.29) is 6.04 Å². The van der Waals surface area contributed by atoms with Gasteiger partial charge in [0.1, 0.15) is 5.82 Å². The minimum Gasteiger partial charge on any atom is -0.383 e. The standard InChI is InChI=1S/C11H16BrN5/c1-4-16-6-9(5-14-16)8(3)17-11(13)10(12)7(2)15-17/h5-6,8H,4,13H2,1-3H3. The lowest BCUT2D eigenvalue weighted by Gasteiger charge is -2.11. The first-order chi connectivity index (χ1) is 8.04. The van der Waals surface area contributed by atoms with Crippen LogP contribution in [0, 0.1) is 6.92 Å². The highest BCUT2D eigenvalue weighted by Crippen LogP contribution is 2.28. The van der Waals surface area contributed by atoms with Crippen LogP contribution in [-0.4, -0.2) is 19.6 Å². The van der Waals surface area contributed by atoms with Gasteiger partial charge in [0.2, 0.25) is 0 Å². The highest BCUT2D eigenvalue weighted by atomic mass is 79.9. The molecule has 0 bridgehead atoms. The zero-order valence-electron chi connectivity index (χ0n) is 10.2. The van der Waals surface area contributed by atoms with Gasteiger partial charge >= 0.3 is 0 Å². The maximum atomic E-state index is 6.01. The predicted molar refractivity (Wildman–Crippen MR) is 70.8 cm³/mol. The molecule has 0 aromatic carbocycles. The van der Waals surface area contributed by atoms with Crippen LogP contribution in [0.3, 0.4) is 0 Å². The molecule has 2 heterocycles. The van der Waals surface area contributed by atoms with Crippen LogP contribution in [0.2, 0.25) is 0 Å². The second-order valence-electron chi connectivity index (χ2n) is 4.03. The lowest BCUT2D eigenvalue weighted by atomic mass is 10.2. The molecule has 2 aromatic rings. The van der Waals surface area contributed by atoms with Gasteiger partial charge in [0.05, 0.1) is 22.4 Å². The molecule has 0 saturated heterocycles. The third kappa shape index (κ3) is 2.09.